The van der Waals surface area contributed by atoms with Gasteiger partial charge >= 0.3 is 0 Å². The highest BCUT2D eigenvalue weighted by Crippen LogP contribution is 2.18. The minimum atomic E-state index is -0.209. The summed E-state index contributed by atoms with van der Waals surface area (Å²) in [6.45, 7) is 3.42. The number of piperidine rings is 1. The number of nitrogens with zero attached hydrogens (tertiary/aromatic N) is 4. The van der Waals surface area contributed by atoms with E-state index >= 15 is 0 Å². The van der Waals surface area contributed by atoms with Crippen LogP contribution >= 0.6 is 0 Å². The van der Waals surface area contributed by atoms with E-state index in [0.717, 1.165) is 49.5 Å². The zero-order valence-corrected chi connectivity index (χ0v) is 14.0. The zero-order chi connectivity index (χ0) is 17.1. The summed E-state index contributed by atoms with van der Waals surface area (Å²) in [5.74, 6) is 0.537. The SMILES string of the molecule is Fc1ccc(COC2CCN(Cc3cnc4ncccn34)CC2)cc1. The van der Waals surface area contributed by atoms with Crippen LogP contribution in [0.3, 0.4) is 0 Å². The van der Waals surface area contributed by atoms with E-state index in [1.807, 2.05) is 22.9 Å². The molecule has 25 heavy (non-hydrogen) atoms. The monoisotopic (exact) mass is 340 g/mol. The summed E-state index contributed by atoms with van der Waals surface area (Å²) >= 11 is 0. The Kier molecular flexibility index (Phi) is 4.72. The molecule has 0 saturated carbocycles. The lowest BCUT2D eigenvalue weighted by Gasteiger charge is -2.31. The molecule has 5 nitrogen and oxygen atoms in total. The van der Waals surface area contributed by atoms with Gasteiger partial charge in [0.05, 0.1) is 24.6 Å². The van der Waals surface area contributed by atoms with Crippen LogP contribution in [0.5, 0.6) is 0 Å². The lowest BCUT2D eigenvalue weighted by molar-refractivity contribution is -0.00420. The van der Waals surface area contributed by atoms with Crippen LogP contribution < -0.4 is 0 Å². The largest absolute Gasteiger partial charge is 0.373 e. The maximum Gasteiger partial charge on any atom is 0.233 e. The van der Waals surface area contributed by atoms with Crippen LogP contribution in [0, 0.1) is 5.82 Å². The van der Waals surface area contributed by atoms with Crippen LogP contribution in [-0.2, 0) is 17.9 Å². The van der Waals surface area contributed by atoms with Gasteiger partial charge in [0.2, 0.25) is 5.78 Å². The summed E-state index contributed by atoms with van der Waals surface area (Å²) in [4.78, 5) is 11.0. The predicted octanol–water partition coefficient (Wildman–Crippen LogP) is 3.05. The van der Waals surface area contributed by atoms with Crippen LogP contribution in [0.2, 0.25) is 0 Å². The van der Waals surface area contributed by atoms with Gasteiger partial charge in [-0.15, -0.1) is 0 Å². The van der Waals surface area contributed by atoms with E-state index in [9.17, 15) is 4.39 Å². The number of likely N-dealkylation sites (tertiary alicyclic amines) is 1. The van der Waals surface area contributed by atoms with Crippen LogP contribution in [0.15, 0.2) is 48.9 Å². The predicted molar refractivity (Wildman–Crippen MR) is 92.5 cm³/mol. The minimum Gasteiger partial charge on any atom is -0.373 e. The molecule has 2 aromatic heterocycles. The minimum absolute atomic E-state index is 0.209. The Hall–Kier alpha value is -2.31. The number of halogens is 1. The molecule has 1 aliphatic rings. The Morgan fingerprint density at radius 2 is 1.92 bits per heavy atom. The highest BCUT2D eigenvalue weighted by molar-refractivity contribution is 5.30. The van der Waals surface area contributed by atoms with Gasteiger partial charge in [-0.25, -0.2) is 14.4 Å². The summed E-state index contributed by atoms with van der Waals surface area (Å²) < 4.78 is 20.9. The van der Waals surface area contributed by atoms with E-state index in [2.05, 4.69) is 14.9 Å². The number of rotatable bonds is 5. The van der Waals surface area contributed by atoms with E-state index < -0.39 is 0 Å². The first-order valence-electron chi connectivity index (χ1n) is 8.63. The molecule has 6 heteroatoms. The molecule has 0 aliphatic carbocycles. The van der Waals surface area contributed by atoms with Gasteiger partial charge in [-0.1, -0.05) is 12.1 Å². The van der Waals surface area contributed by atoms with E-state index in [1.165, 1.54) is 12.1 Å². The van der Waals surface area contributed by atoms with E-state index in [1.54, 1.807) is 18.3 Å². The van der Waals surface area contributed by atoms with Crippen molar-refractivity contribution in [3.8, 4) is 0 Å². The summed E-state index contributed by atoms with van der Waals surface area (Å²) in [6.07, 6.45) is 7.95. The molecule has 0 unspecified atom stereocenters. The van der Waals surface area contributed by atoms with Crippen molar-refractivity contribution in [2.75, 3.05) is 13.1 Å². The molecular weight excluding hydrogens is 319 g/mol. The number of imidazole rings is 1. The van der Waals surface area contributed by atoms with Crippen molar-refractivity contribution in [2.24, 2.45) is 0 Å². The Bertz CT molecular complexity index is 825. The van der Waals surface area contributed by atoms with Crippen molar-refractivity contribution in [2.45, 2.75) is 32.1 Å². The second-order valence-corrected chi connectivity index (χ2v) is 6.45. The van der Waals surface area contributed by atoms with E-state index in [4.69, 9.17) is 4.74 Å². The molecule has 4 rings (SSSR count). The Morgan fingerprint density at radius 1 is 1.12 bits per heavy atom. The number of hydrogen-bond acceptors (Lipinski definition) is 4. The third-order valence-corrected chi connectivity index (χ3v) is 4.68. The van der Waals surface area contributed by atoms with Gasteiger partial charge in [0.25, 0.3) is 0 Å². The topological polar surface area (TPSA) is 42.7 Å². The van der Waals surface area contributed by atoms with Crippen molar-refractivity contribution < 1.29 is 9.13 Å². The van der Waals surface area contributed by atoms with Crippen molar-refractivity contribution in [3.63, 3.8) is 0 Å². The maximum absolute atomic E-state index is 12.9. The lowest BCUT2D eigenvalue weighted by Crippen LogP contribution is -2.36. The highest BCUT2D eigenvalue weighted by atomic mass is 19.1. The molecule has 3 heterocycles. The number of aromatic nitrogens is 3. The van der Waals surface area contributed by atoms with E-state index in [0.29, 0.717) is 6.61 Å². The van der Waals surface area contributed by atoms with Gasteiger partial charge in [0, 0.05) is 32.0 Å². The van der Waals surface area contributed by atoms with Gasteiger partial charge in [0.1, 0.15) is 5.82 Å². The zero-order valence-electron chi connectivity index (χ0n) is 14.0. The average Bonchev–Trinajstić information content (AvgIpc) is 3.06. The molecular formula is C19H21FN4O. The first-order chi connectivity index (χ1) is 12.3. The van der Waals surface area contributed by atoms with Crippen molar-refractivity contribution in [1.82, 2.24) is 19.3 Å². The summed E-state index contributed by atoms with van der Waals surface area (Å²) in [5.41, 5.74) is 2.18. The fourth-order valence-electron chi connectivity index (χ4n) is 3.25. The first kappa shape index (κ1) is 16.2. The quantitative estimate of drug-likeness (QED) is 0.716. The van der Waals surface area contributed by atoms with Crippen LogP contribution in [0.1, 0.15) is 24.1 Å². The molecule has 3 aromatic rings. The van der Waals surface area contributed by atoms with Crippen molar-refractivity contribution >= 4 is 5.78 Å². The smallest absolute Gasteiger partial charge is 0.233 e. The van der Waals surface area contributed by atoms with Crippen LogP contribution in [0.4, 0.5) is 4.39 Å². The molecule has 0 spiro atoms. The molecule has 1 aromatic carbocycles. The van der Waals surface area contributed by atoms with Crippen LogP contribution in [-0.4, -0.2) is 38.5 Å². The molecule has 0 amide bonds. The number of hydrogen-bond donors (Lipinski definition) is 0. The highest BCUT2D eigenvalue weighted by Gasteiger charge is 2.20. The Morgan fingerprint density at radius 3 is 2.72 bits per heavy atom. The maximum atomic E-state index is 12.9. The first-order valence-corrected chi connectivity index (χ1v) is 8.63. The average molecular weight is 340 g/mol. The number of benzene rings is 1. The number of fused-ring (bicyclic) bond motifs is 1. The Balaban J connectivity index is 1.27. The summed E-state index contributed by atoms with van der Waals surface area (Å²) in [7, 11) is 0. The summed E-state index contributed by atoms with van der Waals surface area (Å²) in [6, 6.07) is 8.44. The van der Waals surface area contributed by atoms with Crippen molar-refractivity contribution in [3.05, 3.63) is 66.0 Å². The molecule has 0 atom stereocenters. The third-order valence-electron chi connectivity index (χ3n) is 4.68. The lowest BCUT2D eigenvalue weighted by atomic mass is 10.1. The fraction of sp³-hybridized carbons (Fsp3) is 0.368. The second-order valence-electron chi connectivity index (χ2n) is 6.45. The standard InChI is InChI=1S/C19H21FN4O/c20-16-4-2-15(3-5-16)14-25-18-6-10-23(11-7-18)13-17-12-22-19-21-8-1-9-24(17)19/h1-5,8-9,12,18H,6-7,10-11,13-14H2. The van der Waals surface area contributed by atoms with Gasteiger partial charge in [-0.3, -0.25) is 9.30 Å². The molecule has 0 N–H and O–H groups in total. The van der Waals surface area contributed by atoms with E-state index in [-0.39, 0.29) is 11.9 Å². The molecule has 0 radical (unpaired) electrons. The molecule has 130 valence electrons. The van der Waals surface area contributed by atoms with Gasteiger partial charge in [-0.2, -0.15) is 0 Å². The van der Waals surface area contributed by atoms with Crippen molar-refractivity contribution in [1.29, 1.82) is 0 Å². The van der Waals surface area contributed by atoms with Crippen LogP contribution in [0.25, 0.3) is 5.78 Å². The molecule has 1 aliphatic heterocycles. The summed E-state index contributed by atoms with van der Waals surface area (Å²) in [5, 5.41) is 0. The molecule has 1 fully saturated rings. The van der Waals surface area contributed by atoms with Gasteiger partial charge < -0.3 is 4.74 Å². The fourth-order valence-corrected chi connectivity index (χ4v) is 3.25. The molecule has 1 saturated heterocycles. The molecule has 0 bridgehead atoms. The number of ether oxygens (including phenoxy) is 1. The van der Waals surface area contributed by atoms with Gasteiger partial charge in [0.15, 0.2) is 0 Å². The normalized spacial score (nSPS) is 16.5. The Labute approximate surface area is 146 Å². The second kappa shape index (κ2) is 7.29. The van der Waals surface area contributed by atoms with Gasteiger partial charge in [-0.05, 0) is 36.6 Å². The third kappa shape index (κ3) is 3.86.